The SMILES string of the molecule is Cc1cnn([C@H]2[C@H](O)C[C@@H]2NC(c2cccnc2)C2CCC2)c1. The summed E-state index contributed by atoms with van der Waals surface area (Å²) in [6.45, 7) is 2.03. The second-order valence-corrected chi connectivity index (χ2v) is 7.02. The van der Waals surface area contributed by atoms with E-state index < -0.39 is 0 Å². The first-order valence-electron chi connectivity index (χ1n) is 8.57. The first kappa shape index (κ1) is 14.8. The van der Waals surface area contributed by atoms with Crippen LogP contribution in [0.1, 0.15) is 48.9 Å². The van der Waals surface area contributed by atoms with Crippen LogP contribution < -0.4 is 5.32 Å². The monoisotopic (exact) mass is 312 g/mol. The van der Waals surface area contributed by atoms with Gasteiger partial charge in [0.1, 0.15) is 0 Å². The highest BCUT2D eigenvalue weighted by molar-refractivity contribution is 5.17. The van der Waals surface area contributed by atoms with Crippen LogP contribution in [0.2, 0.25) is 0 Å². The lowest BCUT2D eigenvalue weighted by molar-refractivity contribution is -0.0170. The highest BCUT2D eigenvalue weighted by Gasteiger charge is 2.44. The van der Waals surface area contributed by atoms with Gasteiger partial charge >= 0.3 is 0 Å². The van der Waals surface area contributed by atoms with Crippen LogP contribution in [-0.2, 0) is 0 Å². The zero-order valence-electron chi connectivity index (χ0n) is 13.5. The zero-order chi connectivity index (χ0) is 15.8. The molecule has 0 aromatic carbocycles. The van der Waals surface area contributed by atoms with Gasteiger partial charge < -0.3 is 10.4 Å². The van der Waals surface area contributed by atoms with Gasteiger partial charge in [0.15, 0.2) is 0 Å². The van der Waals surface area contributed by atoms with Crippen molar-refractivity contribution in [2.45, 2.75) is 56.8 Å². The molecule has 23 heavy (non-hydrogen) atoms. The summed E-state index contributed by atoms with van der Waals surface area (Å²) in [6.07, 6.45) is 12.0. The Balaban J connectivity index is 1.52. The molecular weight excluding hydrogens is 288 g/mol. The lowest BCUT2D eigenvalue weighted by Crippen LogP contribution is -2.56. The van der Waals surface area contributed by atoms with Crippen molar-refractivity contribution >= 4 is 0 Å². The fourth-order valence-corrected chi connectivity index (χ4v) is 3.80. The predicted octanol–water partition coefficient (Wildman–Crippen LogP) is 2.39. The topological polar surface area (TPSA) is 63.0 Å². The molecule has 2 saturated carbocycles. The normalized spacial score (nSPS) is 28.9. The van der Waals surface area contributed by atoms with E-state index >= 15 is 0 Å². The molecule has 2 aliphatic carbocycles. The van der Waals surface area contributed by atoms with Crippen LogP contribution >= 0.6 is 0 Å². The predicted molar refractivity (Wildman–Crippen MR) is 87.9 cm³/mol. The fourth-order valence-electron chi connectivity index (χ4n) is 3.80. The number of rotatable bonds is 5. The summed E-state index contributed by atoms with van der Waals surface area (Å²) < 4.78 is 1.92. The Morgan fingerprint density at radius 3 is 2.78 bits per heavy atom. The maximum Gasteiger partial charge on any atom is 0.0932 e. The minimum absolute atomic E-state index is 0.0305. The van der Waals surface area contributed by atoms with E-state index in [4.69, 9.17) is 0 Å². The van der Waals surface area contributed by atoms with Gasteiger partial charge in [-0.25, -0.2) is 0 Å². The first-order chi connectivity index (χ1) is 11.2. The summed E-state index contributed by atoms with van der Waals surface area (Å²) in [5.74, 6) is 0.678. The van der Waals surface area contributed by atoms with Crippen molar-refractivity contribution < 1.29 is 5.11 Å². The molecule has 5 nitrogen and oxygen atoms in total. The Bertz CT molecular complexity index is 652. The Kier molecular flexibility index (Phi) is 3.91. The van der Waals surface area contributed by atoms with Gasteiger partial charge in [-0.2, -0.15) is 5.10 Å². The molecule has 0 saturated heterocycles. The minimum atomic E-state index is -0.317. The molecule has 0 spiro atoms. The molecule has 5 heteroatoms. The lowest BCUT2D eigenvalue weighted by Gasteiger charge is -2.46. The van der Waals surface area contributed by atoms with E-state index in [2.05, 4.69) is 21.5 Å². The summed E-state index contributed by atoms with van der Waals surface area (Å²) in [5, 5.41) is 18.4. The summed E-state index contributed by atoms with van der Waals surface area (Å²) in [4.78, 5) is 4.29. The van der Waals surface area contributed by atoms with E-state index in [9.17, 15) is 5.11 Å². The molecule has 2 N–H and O–H groups in total. The highest BCUT2D eigenvalue weighted by Crippen LogP contribution is 2.41. The number of aromatic nitrogens is 3. The summed E-state index contributed by atoms with van der Waals surface area (Å²) in [5.41, 5.74) is 2.39. The van der Waals surface area contributed by atoms with E-state index in [-0.39, 0.29) is 18.2 Å². The van der Waals surface area contributed by atoms with Crippen molar-refractivity contribution in [3.8, 4) is 0 Å². The molecule has 4 atom stereocenters. The number of pyridine rings is 1. The van der Waals surface area contributed by atoms with Crippen LogP contribution in [0, 0.1) is 12.8 Å². The molecule has 2 aliphatic rings. The molecule has 4 rings (SSSR count). The van der Waals surface area contributed by atoms with Crippen molar-refractivity contribution in [3.05, 3.63) is 48.0 Å². The van der Waals surface area contributed by atoms with Crippen LogP contribution in [0.5, 0.6) is 0 Å². The van der Waals surface area contributed by atoms with Gasteiger partial charge in [0.05, 0.1) is 18.3 Å². The van der Waals surface area contributed by atoms with Gasteiger partial charge in [-0.1, -0.05) is 12.5 Å². The Hall–Kier alpha value is -1.72. The Morgan fingerprint density at radius 1 is 1.35 bits per heavy atom. The number of aryl methyl sites for hydroxylation is 1. The second-order valence-electron chi connectivity index (χ2n) is 7.02. The lowest BCUT2D eigenvalue weighted by atomic mass is 9.75. The molecule has 0 amide bonds. The van der Waals surface area contributed by atoms with E-state index in [1.54, 1.807) is 0 Å². The molecular formula is C18H24N4O. The van der Waals surface area contributed by atoms with Crippen molar-refractivity contribution in [1.82, 2.24) is 20.1 Å². The van der Waals surface area contributed by atoms with Crippen molar-refractivity contribution in [2.24, 2.45) is 5.92 Å². The summed E-state index contributed by atoms with van der Waals surface area (Å²) in [6, 6.07) is 4.78. The van der Waals surface area contributed by atoms with Crippen LogP contribution in [0.4, 0.5) is 0 Å². The molecule has 2 heterocycles. The van der Waals surface area contributed by atoms with Crippen molar-refractivity contribution in [1.29, 1.82) is 0 Å². The smallest absolute Gasteiger partial charge is 0.0932 e. The van der Waals surface area contributed by atoms with Gasteiger partial charge in [0.2, 0.25) is 0 Å². The standard InChI is InChI=1S/C18H24N4O/c1-12-9-20-22(11-12)18-15(8-16(18)23)21-17(13-4-2-5-13)14-6-3-7-19-10-14/h3,6-7,9-11,13,15-18,21,23H,2,4-5,8H2,1H3/t15-,16+,17?,18+/m0/s1. The van der Waals surface area contributed by atoms with E-state index in [0.717, 1.165) is 12.0 Å². The van der Waals surface area contributed by atoms with Gasteiger partial charge in [-0.3, -0.25) is 9.67 Å². The number of nitrogens with one attached hydrogen (secondary N) is 1. The maximum absolute atomic E-state index is 10.2. The summed E-state index contributed by atoms with van der Waals surface area (Å²) >= 11 is 0. The second kappa shape index (κ2) is 6.06. The average Bonchev–Trinajstić information content (AvgIpc) is 2.90. The number of hydrogen-bond acceptors (Lipinski definition) is 4. The molecule has 0 radical (unpaired) electrons. The number of nitrogens with zero attached hydrogens (tertiary/aromatic N) is 3. The molecule has 0 bridgehead atoms. The van der Waals surface area contributed by atoms with E-state index in [1.807, 2.05) is 42.5 Å². The average molecular weight is 312 g/mol. The molecule has 2 aromatic rings. The zero-order valence-corrected chi connectivity index (χ0v) is 13.5. The number of aliphatic hydroxyl groups is 1. The van der Waals surface area contributed by atoms with Crippen molar-refractivity contribution in [2.75, 3.05) is 0 Å². The van der Waals surface area contributed by atoms with Crippen LogP contribution in [0.3, 0.4) is 0 Å². The molecule has 2 fully saturated rings. The van der Waals surface area contributed by atoms with Gasteiger partial charge in [0, 0.05) is 30.7 Å². The highest BCUT2D eigenvalue weighted by atomic mass is 16.3. The molecule has 122 valence electrons. The first-order valence-corrected chi connectivity index (χ1v) is 8.57. The Morgan fingerprint density at radius 2 is 2.22 bits per heavy atom. The molecule has 1 unspecified atom stereocenters. The van der Waals surface area contributed by atoms with Crippen LogP contribution in [0.15, 0.2) is 36.9 Å². The van der Waals surface area contributed by atoms with E-state index in [1.165, 1.54) is 24.8 Å². The van der Waals surface area contributed by atoms with Gasteiger partial charge in [-0.05, 0) is 49.3 Å². The maximum atomic E-state index is 10.2. The molecule has 2 aromatic heterocycles. The summed E-state index contributed by atoms with van der Waals surface area (Å²) in [7, 11) is 0. The van der Waals surface area contributed by atoms with E-state index in [0.29, 0.717) is 12.0 Å². The Labute approximate surface area is 136 Å². The van der Waals surface area contributed by atoms with Crippen LogP contribution in [-0.4, -0.2) is 32.0 Å². The van der Waals surface area contributed by atoms with Gasteiger partial charge in [0.25, 0.3) is 0 Å². The largest absolute Gasteiger partial charge is 0.391 e. The minimum Gasteiger partial charge on any atom is -0.391 e. The molecule has 0 aliphatic heterocycles. The number of hydrogen-bond donors (Lipinski definition) is 2. The van der Waals surface area contributed by atoms with Crippen molar-refractivity contribution in [3.63, 3.8) is 0 Å². The fraction of sp³-hybridized carbons (Fsp3) is 0.556. The quantitative estimate of drug-likeness (QED) is 0.890. The number of aliphatic hydroxyl groups excluding tert-OH is 1. The third-order valence-corrected chi connectivity index (χ3v) is 5.40. The van der Waals surface area contributed by atoms with Crippen LogP contribution in [0.25, 0.3) is 0 Å². The third-order valence-electron chi connectivity index (χ3n) is 5.40. The third kappa shape index (κ3) is 2.79. The van der Waals surface area contributed by atoms with Gasteiger partial charge in [-0.15, -0.1) is 0 Å².